The molecule has 5 nitrogen and oxygen atoms in total. The third kappa shape index (κ3) is 5.36. The molecular weight excluding hydrogens is 604 g/mol. The molecule has 0 unspecified atom stereocenters. The number of fused-ring (bicyclic) bond motifs is 1. The number of amides is 1. The predicted molar refractivity (Wildman–Crippen MR) is 154 cm³/mol. The van der Waals surface area contributed by atoms with Gasteiger partial charge in [0.05, 0.1) is 22.2 Å². The van der Waals surface area contributed by atoms with Crippen LogP contribution in [-0.2, 0) is 11.4 Å². The number of methoxy groups -OCH3 is 1. The maximum absolute atomic E-state index is 12.6. The Balaban J connectivity index is 1.38. The molecule has 1 saturated heterocycles. The number of hydrogen-bond donors (Lipinski definition) is 1. The Morgan fingerprint density at radius 1 is 0.972 bits per heavy atom. The molecule has 4 aromatic rings. The minimum atomic E-state index is -0.197. The van der Waals surface area contributed by atoms with Crippen LogP contribution in [0.25, 0.3) is 16.8 Å². The van der Waals surface area contributed by atoms with Crippen LogP contribution in [0.2, 0.25) is 0 Å². The van der Waals surface area contributed by atoms with Crippen molar-refractivity contribution in [2.75, 3.05) is 7.11 Å². The third-order valence-electron chi connectivity index (χ3n) is 5.53. The second-order valence-electron chi connectivity index (χ2n) is 7.89. The Labute approximate surface area is 229 Å². The molecule has 1 heterocycles. The highest BCUT2D eigenvalue weighted by atomic mass is 79.9. The van der Waals surface area contributed by atoms with Crippen molar-refractivity contribution in [2.24, 2.45) is 4.99 Å². The predicted octanol–water partition coefficient (Wildman–Crippen LogP) is 7.84. The van der Waals surface area contributed by atoms with Crippen molar-refractivity contribution in [3.05, 3.63) is 104 Å². The van der Waals surface area contributed by atoms with Gasteiger partial charge < -0.3 is 14.8 Å². The first-order chi connectivity index (χ1) is 17.5. The second-order valence-corrected chi connectivity index (χ2v) is 10.6. The van der Waals surface area contributed by atoms with Gasteiger partial charge in [0.2, 0.25) is 0 Å². The number of nitrogens with one attached hydrogen (secondary N) is 1. The van der Waals surface area contributed by atoms with Crippen LogP contribution < -0.4 is 14.8 Å². The van der Waals surface area contributed by atoms with Gasteiger partial charge in [-0.15, -0.1) is 0 Å². The number of halogens is 2. The van der Waals surface area contributed by atoms with Gasteiger partial charge in [0.25, 0.3) is 5.91 Å². The molecule has 0 spiro atoms. The summed E-state index contributed by atoms with van der Waals surface area (Å²) in [5.74, 6) is 0.978. The fourth-order valence-electron chi connectivity index (χ4n) is 3.82. The number of thioether (sulfide) groups is 1. The zero-order valence-electron chi connectivity index (χ0n) is 19.1. The van der Waals surface area contributed by atoms with E-state index < -0.39 is 0 Å². The molecule has 8 heteroatoms. The molecule has 180 valence electrons. The summed E-state index contributed by atoms with van der Waals surface area (Å²) in [6.45, 7) is 0.393. The van der Waals surface area contributed by atoms with Crippen LogP contribution in [-0.4, -0.2) is 18.2 Å². The maximum Gasteiger partial charge on any atom is 0.264 e. The van der Waals surface area contributed by atoms with E-state index in [1.165, 1.54) is 17.1 Å². The van der Waals surface area contributed by atoms with Crippen LogP contribution >= 0.6 is 43.6 Å². The summed E-state index contributed by atoms with van der Waals surface area (Å²) in [5, 5.41) is 5.67. The van der Waals surface area contributed by atoms with Gasteiger partial charge in [-0.2, -0.15) is 0 Å². The van der Waals surface area contributed by atoms with Gasteiger partial charge in [-0.25, -0.2) is 4.99 Å². The van der Waals surface area contributed by atoms with Gasteiger partial charge in [0.1, 0.15) is 6.61 Å². The van der Waals surface area contributed by atoms with E-state index in [1.807, 2.05) is 60.7 Å². The number of ether oxygens (including phenoxy) is 2. The van der Waals surface area contributed by atoms with Gasteiger partial charge >= 0.3 is 0 Å². The Kier molecular flexibility index (Phi) is 7.46. The number of carbonyl (C=O) groups is 1. The van der Waals surface area contributed by atoms with Crippen molar-refractivity contribution in [3.63, 3.8) is 0 Å². The summed E-state index contributed by atoms with van der Waals surface area (Å²) in [4.78, 5) is 17.7. The number of para-hydroxylation sites is 1. The van der Waals surface area contributed by atoms with Crippen LogP contribution in [0.4, 0.5) is 5.69 Å². The van der Waals surface area contributed by atoms with E-state index in [1.54, 1.807) is 7.11 Å². The van der Waals surface area contributed by atoms with E-state index >= 15 is 0 Å². The molecule has 0 saturated carbocycles. The van der Waals surface area contributed by atoms with Crippen molar-refractivity contribution in [1.82, 2.24) is 5.32 Å². The smallest absolute Gasteiger partial charge is 0.264 e. The first-order valence-corrected chi connectivity index (χ1v) is 13.4. The number of amidine groups is 1. The van der Waals surface area contributed by atoms with E-state index in [2.05, 4.69) is 66.4 Å². The monoisotopic (exact) mass is 622 g/mol. The van der Waals surface area contributed by atoms with E-state index in [-0.39, 0.29) is 5.91 Å². The number of benzene rings is 4. The summed E-state index contributed by atoms with van der Waals surface area (Å²) >= 11 is 8.39. The number of aliphatic imine (C=N–C) groups is 1. The van der Waals surface area contributed by atoms with Crippen LogP contribution in [0.1, 0.15) is 11.1 Å². The highest BCUT2D eigenvalue weighted by molar-refractivity contribution is 9.11. The summed E-state index contributed by atoms with van der Waals surface area (Å²) in [6, 6.07) is 25.8. The molecule has 4 aromatic carbocycles. The second kappa shape index (κ2) is 10.9. The fraction of sp³-hybridized carbons (Fsp3) is 0.0714. The molecular formula is C28H20Br2N2O3S. The number of nitrogens with zero attached hydrogens (tertiary/aromatic N) is 1. The molecule has 0 bridgehead atoms. The molecule has 1 N–H and O–H groups in total. The van der Waals surface area contributed by atoms with Crippen LogP contribution in [0.15, 0.2) is 97.7 Å². The van der Waals surface area contributed by atoms with Crippen LogP contribution in [0, 0.1) is 0 Å². The van der Waals surface area contributed by atoms with Gasteiger partial charge in [-0.3, -0.25) is 4.79 Å². The SMILES string of the molecule is COc1cc(/C=C2/SC(=Nc3ccccc3Br)NC2=O)cc(Br)c1OCc1cccc2ccccc12. The van der Waals surface area contributed by atoms with E-state index in [4.69, 9.17) is 9.47 Å². The standard InChI is InChI=1S/C28H20Br2N2O3S/c1-34-24-14-17(15-25-27(33)32-28(36-25)31-23-12-5-4-11-21(23)29)13-22(30)26(24)35-16-19-9-6-8-18-7-2-3-10-20(18)19/h2-15H,16H2,1H3,(H,31,32,33)/b25-15+. The molecule has 0 atom stereocenters. The van der Waals surface area contributed by atoms with Crippen molar-refractivity contribution in [1.29, 1.82) is 0 Å². The topological polar surface area (TPSA) is 59.9 Å². The van der Waals surface area contributed by atoms with E-state index in [0.29, 0.717) is 28.2 Å². The lowest BCUT2D eigenvalue weighted by Crippen LogP contribution is -2.19. The van der Waals surface area contributed by atoms with Crippen LogP contribution in [0.3, 0.4) is 0 Å². The van der Waals surface area contributed by atoms with Crippen molar-refractivity contribution in [2.45, 2.75) is 6.61 Å². The lowest BCUT2D eigenvalue weighted by Gasteiger charge is -2.15. The minimum Gasteiger partial charge on any atom is -0.493 e. The molecule has 0 aromatic heterocycles. The summed E-state index contributed by atoms with van der Waals surface area (Å²) < 4.78 is 13.4. The first kappa shape index (κ1) is 24.6. The lowest BCUT2D eigenvalue weighted by molar-refractivity contribution is -0.115. The largest absolute Gasteiger partial charge is 0.493 e. The summed E-state index contributed by atoms with van der Waals surface area (Å²) in [5.41, 5.74) is 2.64. The Morgan fingerprint density at radius 2 is 1.75 bits per heavy atom. The quantitative estimate of drug-likeness (QED) is 0.222. The zero-order chi connectivity index (χ0) is 25.1. The first-order valence-electron chi connectivity index (χ1n) is 11.0. The molecule has 1 fully saturated rings. The third-order valence-corrected chi connectivity index (χ3v) is 7.70. The molecule has 0 radical (unpaired) electrons. The van der Waals surface area contributed by atoms with E-state index in [9.17, 15) is 4.79 Å². The minimum absolute atomic E-state index is 0.197. The molecule has 36 heavy (non-hydrogen) atoms. The Hall–Kier alpha value is -3.07. The van der Waals surface area contributed by atoms with Gasteiger partial charge in [-0.05, 0) is 95.9 Å². The van der Waals surface area contributed by atoms with Crippen molar-refractivity contribution in [3.8, 4) is 11.5 Å². The van der Waals surface area contributed by atoms with E-state index in [0.717, 1.165) is 31.1 Å². The number of carbonyl (C=O) groups excluding carboxylic acids is 1. The normalized spacial score (nSPS) is 15.5. The lowest BCUT2D eigenvalue weighted by atomic mass is 10.1. The molecule has 5 rings (SSSR count). The van der Waals surface area contributed by atoms with Crippen LogP contribution in [0.5, 0.6) is 11.5 Å². The molecule has 1 amide bonds. The highest BCUT2D eigenvalue weighted by Gasteiger charge is 2.24. The maximum atomic E-state index is 12.6. The molecule has 1 aliphatic heterocycles. The van der Waals surface area contributed by atoms with Gasteiger partial charge in [0.15, 0.2) is 16.7 Å². The Morgan fingerprint density at radius 3 is 2.58 bits per heavy atom. The summed E-state index contributed by atoms with van der Waals surface area (Å²) in [6.07, 6.45) is 1.81. The number of rotatable bonds is 6. The zero-order valence-corrected chi connectivity index (χ0v) is 23.1. The average molecular weight is 624 g/mol. The highest BCUT2D eigenvalue weighted by Crippen LogP contribution is 2.39. The molecule has 0 aliphatic carbocycles. The summed E-state index contributed by atoms with van der Waals surface area (Å²) in [7, 11) is 1.60. The fourth-order valence-corrected chi connectivity index (χ4v) is 5.60. The number of hydrogen-bond acceptors (Lipinski definition) is 5. The Bertz CT molecular complexity index is 1530. The van der Waals surface area contributed by atoms with Crippen molar-refractivity contribution < 1.29 is 14.3 Å². The van der Waals surface area contributed by atoms with Gasteiger partial charge in [0, 0.05) is 4.47 Å². The molecule has 1 aliphatic rings. The van der Waals surface area contributed by atoms with Crippen molar-refractivity contribution >= 4 is 77.2 Å². The average Bonchev–Trinajstić information content (AvgIpc) is 3.22. The van der Waals surface area contributed by atoms with Gasteiger partial charge in [-0.1, -0.05) is 54.6 Å².